The summed E-state index contributed by atoms with van der Waals surface area (Å²) in [5, 5.41) is 10.1. The number of aliphatic hydroxyl groups is 1. The van der Waals surface area contributed by atoms with Gasteiger partial charge in [-0.2, -0.15) is 0 Å². The van der Waals surface area contributed by atoms with E-state index in [1.54, 1.807) is 6.07 Å². The Morgan fingerprint density at radius 3 is 2.89 bits per heavy atom. The third kappa shape index (κ3) is 3.55. The maximum atomic E-state index is 13.3. The van der Waals surface area contributed by atoms with E-state index in [2.05, 4.69) is 4.98 Å². The van der Waals surface area contributed by atoms with Crippen molar-refractivity contribution in [2.24, 2.45) is 0 Å². The van der Waals surface area contributed by atoms with Crippen molar-refractivity contribution in [3.8, 4) is 0 Å². The molecule has 1 aliphatic rings. The van der Waals surface area contributed by atoms with Gasteiger partial charge in [0.05, 0.1) is 11.4 Å². The van der Waals surface area contributed by atoms with Gasteiger partial charge in [-0.1, -0.05) is 11.6 Å². The van der Waals surface area contributed by atoms with Crippen molar-refractivity contribution in [3.63, 3.8) is 0 Å². The van der Waals surface area contributed by atoms with Gasteiger partial charge in [-0.05, 0) is 32.6 Å². The monoisotopic (exact) mass is 287 g/mol. The van der Waals surface area contributed by atoms with E-state index in [9.17, 15) is 9.50 Å². The van der Waals surface area contributed by atoms with Crippen molar-refractivity contribution in [3.05, 3.63) is 23.0 Å². The van der Waals surface area contributed by atoms with E-state index in [0.717, 1.165) is 11.4 Å². The van der Waals surface area contributed by atoms with Gasteiger partial charge >= 0.3 is 0 Å². The number of aliphatic hydroxyl groups excluding tert-OH is 1. The van der Waals surface area contributed by atoms with Crippen molar-refractivity contribution in [1.29, 1.82) is 0 Å². The summed E-state index contributed by atoms with van der Waals surface area (Å²) in [7, 11) is 3.91. The molecule has 1 saturated heterocycles. The van der Waals surface area contributed by atoms with Gasteiger partial charge in [0.1, 0.15) is 17.4 Å². The second-order valence-corrected chi connectivity index (χ2v) is 5.54. The maximum Gasteiger partial charge on any atom is 0.129 e. The van der Waals surface area contributed by atoms with Gasteiger partial charge in [0, 0.05) is 19.6 Å². The second kappa shape index (κ2) is 6.03. The van der Waals surface area contributed by atoms with E-state index < -0.39 is 12.3 Å². The van der Waals surface area contributed by atoms with E-state index in [1.165, 1.54) is 0 Å². The third-order valence-electron chi connectivity index (χ3n) is 3.22. The number of aromatic nitrogens is 1. The van der Waals surface area contributed by atoms with Crippen LogP contribution < -0.4 is 4.90 Å². The van der Waals surface area contributed by atoms with Crippen molar-refractivity contribution < 1.29 is 9.50 Å². The molecule has 0 bridgehead atoms. The van der Waals surface area contributed by atoms with Gasteiger partial charge < -0.3 is 14.9 Å². The minimum atomic E-state index is -1.13. The SMILES string of the molecule is CN(C)Cc1nc(Cl)ccc1N1CCC(F)C(O)C1. The Labute approximate surface area is 117 Å². The highest BCUT2D eigenvalue weighted by atomic mass is 35.5. The molecule has 1 aliphatic heterocycles. The summed E-state index contributed by atoms with van der Waals surface area (Å²) in [6.07, 6.45) is -1.73. The third-order valence-corrected chi connectivity index (χ3v) is 3.43. The first-order valence-corrected chi connectivity index (χ1v) is 6.72. The van der Waals surface area contributed by atoms with E-state index >= 15 is 0 Å². The van der Waals surface area contributed by atoms with Crippen molar-refractivity contribution in [2.45, 2.75) is 25.2 Å². The number of alkyl halides is 1. The lowest BCUT2D eigenvalue weighted by molar-refractivity contribution is 0.0644. The molecule has 1 N–H and O–H groups in total. The first-order chi connectivity index (χ1) is 8.97. The summed E-state index contributed by atoms with van der Waals surface area (Å²) < 4.78 is 13.3. The van der Waals surface area contributed by atoms with Gasteiger partial charge in [0.2, 0.25) is 0 Å². The number of pyridine rings is 1. The standard InChI is InChI=1S/C13H19ClFN3O/c1-17(2)7-10-11(3-4-13(14)16-10)18-6-5-9(15)12(19)8-18/h3-4,9,12,19H,5-8H2,1-2H3. The summed E-state index contributed by atoms with van der Waals surface area (Å²) in [6.45, 7) is 1.54. The molecule has 0 amide bonds. The molecule has 0 aliphatic carbocycles. The lowest BCUT2D eigenvalue weighted by Gasteiger charge is -2.35. The predicted octanol–water partition coefficient (Wildman–Crippen LogP) is 1.71. The van der Waals surface area contributed by atoms with Gasteiger partial charge in [0.25, 0.3) is 0 Å². The van der Waals surface area contributed by atoms with Crippen LogP contribution in [0.25, 0.3) is 0 Å². The van der Waals surface area contributed by atoms with Crippen molar-refractivity contribution >= 4 is 17.3 Å². The highest BCUT2D eigenvalue weighted by Gasteiger charge is 2.28. The Morgan fingerprint density at radius 1 is 1.53 bits per heavy atom. The summed E-state index contributed by atoms with van der Waals surface area (Å²) in [6, 6.07) is 3.61. The zero-order chi connectivity index (χ0) is 14.0. The zero-order valence-corrected chi connectivity index (χ0v) is 11.9. The Bertz CT molecular complexity index is 444. The molecule has 2 rings (SSSR count). The minimum absolute atomic E-state index is 0.297. The van der Waals surface area contributed by atoms with Crippen LogP contribution in [0.5, 0.6) is 0 Å². The van der Waals surface area contributed by atoms with Crippen LogP contribution in [0.3, 0.4) is 0 Å². The Morgan fingerprint density at radius 2 is 2.26 bits per heavy atom. The number of piperidine rings is 1. The highest BCUT2D eigenvalue weighted by molar-refractivity contribution is 6.29. The second-order valence-electron chi connectivity index (χ2n) is 5.16. The molecule has 4 nitrogen and oxygen atoms in total. The molecular weight excluding hydrogens is 269 g/mol. The van der Waals surface area contributed by atoms with Crippen molar-refractivity contribution in [1.82, 2.24) is 9.88 Å². The summed E-state index contributed by atoms with van der Waals surface area (Å²) in [5.41, 5.74) is 1.77. The number of hydrogen-bond donors (Lipinski definition) is 1. The van der Waals surface area contributed by atoms with Crippen LogP contribution in [-0.2, 0) is 6.54 Å². The molecule has 0 saturated carbocycles. The van der Waals surface area contributed by atoms with Crippen LogP contribution in [0.4, 0.5) is 10.1 Å². The summed E-state index contributed by atoms with van der Waals surface area (Å²) >= 11 is 5.93. The fourth-order valence-electron chi connectivity index (χ4n) is 2.29. The van der Waals surface area contributed by atoms with E-state index in [0.29, 0.717) is 31.2 Å². The van der Waals surface area contributed by atoms with E-state index in [1.807, 2.05) is 30.0 Å². The molecule has 1 aromatic heterocycles. The molecule has 0 radical (unpaired) electrons. The number of nitrogens with zero attached hydrogens (tertiary/aromatic N) is 3. The van der Waals surface area contributed by atoms with Gasteiger partial charge in [-0.15, -0.1) is 0 Å². The number of anilines is 1. The fraction of sp³-hybridized carbons (Fsp3) is 0.615. The van der Waals surface area contributed by atoms with Crippen LogP contribution >= 0.6 is 11.6 Å². The number of halogens is 2. The molecule has 6 heteroatoms. The molecule has 1 fully saturated rings. The maximum absolute atomic E-state index is 13.3. The quantitative estimate of drug-likeness (QED) is 0.859. The smallest absolute Gasteiger partial charge is 0.129 e. The molecular formula is C13H19ClFN3O. The number of β-amino-alcohol motifs (C(OH)–C–C–N with tert-alkyl or cyclic N) is 1. The molecule has 1 aromatic rings. The first-order valence-electron chi connectivity index (χ1n) is 6.34. The Kier molecular flexibility index (Phi) is 4.60. The van der Waals surface area contributed by atoms with Gasteiger partial charge in [0.15, 0.2) is 0 Å². The molecule has 2 atom stereocenters. The normalized spacial score (nSPS) is 24.0. The molecule has 0 aromatic carbocycles. The van der Waals surface area contributed by atoms with Crippen LogP contribution in [0.2, 0.25) is 5.15 Å². The van der Waals surface area contributed by atoms with Crippen molar-refractivity contribution in [2.75, 3.05) is 32.1 Å². The minimum Gasteiger partial charge on any atom is -0.388 e. The lowest BCUT2D eigenvalue weighted by Crippen LogP contribution is -2.45. The Balaban J connectivity index is 2.23. The van der Waals surface area contributed by atoms with Crippen LogP contribution in [0, 0.1) is 0 Å². The molecule has 0 spiro atoms. The lowest BCUT2D eigenvalue weighted by atomic mass is 10.1. The largest absolute Gasteiger partial charge is 0.388 e. The average Bonchev–Trinajstić information content (AvgIpc) is 2.32. The van der Waals surface area contributed by atoms with E-state index in [4.69, 9.17) is 11.6 Å². The van der Waals surface area contributed by atoms with Gasteiger partial charge in [-0.25, -0.2) is 9.37 Å². The first kappa shape index (κ1) is 14.5. The summed E-state index contributed by atoms with van der Waals surface area (Å²) in [4.78, 5) is 8.31. The Hall–Kier alpha value is -0.910. The average molecular weight is 288 g/mol. The number of hydrogen-bond acceptors (Lipinski definition) is 4. The van der Waals surface area contributed by atoms with Crippen LogP contribution in [0.15, 0.2) is 12.1 Å². The number of rotatable bonds is 3. The molecule has 19 heavy (non-hydrogen) atoms. The summed E-state index contributed by atoms with van der Waals surface area (Å²) in [5.74, 6) is 0. The highest BCUT2D eigenvalue weighted by Crippen LogP contribution is 2.26. The molecule has 2 unspecified atom stereocenters. The van der Waals surface area contributed by atoms with Crippen LogP contribution in [0.1, 0.15) is 12.1 Å². The molecule has 2 heterocycles. The topological polar surface area (TPSA) is 39.6 Å². The van der Waals surface area contributed by atoms with Crippen LogP contribution in [-0.4, -0.2) is 54.5 Å². The predicted molar refractivity (Wildman–Crippen MR) is 74.4 cm³/mol. The zero-order valence-electron chi connectivity index (χ0n) is 11.2. The van der Waals surface area contributed by atoms with E-state index in [-0.39, 0.29) is 0 Å². The fourth-order valence-corrected chi connectivity index (χ4v) is 2.46. The van der Waals surface area contributed by atoms with Gasteiger partial charge in [-0.3, -0.25) is 0 Å². The molecule has 106 valence electrons.